The molecule has 0 amide bonds. The lowest BCUT2D eigenvalue weighted by Crippen LogP contribution is -2.33. The van der Waals surface area contributed by atoms with Crippen LogP contribution in [0.3, 0.4) is 0 Å². The fraction of sp³-hybridized carbons (Fsp3) is 0.647. The van der Waals surface area contributed by atoms with Crippen LogP contribution in [0.2, 0.25) is 0 Å². The van der Waals surface area contributed by atoms with Gasteiger partial charge in [0.2, 0.25) is 0 Å². The summed E-state index contributed by atoms with van der Waals surface area (Å²) >= 11 is 0. The first-order valence-corrected chi connectivity index (χ1v) is 7.62. The maximum absolute atomic E-state index is 5.27. The van der Waals surface area contributed by atoms with Crippen molar-refractivity contribution in [2.24, 2.45) is 5.92 Å². The molecule has 0 spiro atoms. The molecule has 106 valence electrons. The summed E-state index contributed by atoms with van der Waals surface area (Å²) in [6.07, 6.45) is 6.83. The molecule has 2 rings (SSSR count). The lowest BCUT2D eigenvalue weighted by atomic mass is 9.84. The van der Waals surface area contributed by atoms with Crippen LogP contribution < -0.4 is 5.32 Å². The number of benzene rings is 1. The third kappa shape index (κ3) is 4.32. The zero-order valence-electron chi connectivity index (χ0n) is 12.3. The van der Waals surface area contributed by atoms with Crippen molar-refractivity contribution >= 4 is 0 Å². The van der Waals surface area contributed by atoms with Gasteiger partial charge in [-0.1, -0.05) is 50.5 Å². The quantitative estimate of drug-likeness (QED) is 0.838. The summed E-state index contributed by atoms with van der Waals surface area (Å²) in [5, 5.41) is 3.75. The van der Waals surface area contributed by atoms with Gasteiger partial charge in [-0.05, 0) is 29.9 Å². The average Bonchev–Trinajstić information content (AvgIpc) is 2.47. The number of hydrogen-bond acceptors (Lipinski definition) is 2. The van der Waals surface area contributed by atoms with Crippen molar-refractivity contribution in [2.75, 3.05) is 7.11 Å². The van der Waals surface area contributed by atoms with Crippen molar-refractivity contribution in [3.8, 4) is 0 Å². The minimum atomic E-state index is 0.703. The van der Waals surface area contributed by atoms with E-state index in [2.05, 4.69) is 36.5 Å². The Labute approximate surface area is 117 Å². The molecule has 0 heterocycles. The van der Waals surface area contributed by atoms with E-state index < -0.39 is 0 Å². The molecule has 0 aliphatic heterocycles. The largest absolute Gasteiger partial charge is 0.380 e. The second-order valence-electron chi connectivity index (χ2n) is 5.72. The van der Waals surface area contributed by atoms with E-state index in [0.717, 1.165) is 12.5 Å². The molecular formula is C17H27NO. The van der Waals surface area contributed by atoms with Gasteiger partial charge < -0.3 is 10.1 Å². The molecule has 1 aliphatic rings. The van der Waals surface area contributed by atoms with Crippen LogP contribution in [-0.2, 0) is 17.9 Å². The predicted molar refractivity (Wildman–Crippen MR) is 80.0 cm³/mol. The van der Waals surface area contributed by atoms with Gasteiger partial charge in [0, 0.05) is 19.7 Å². The third-order valence-electron chi connectivity index (χ3n) is 4.36. The summed E-state index contributed by atoms with van der Waals surface area (Å²) in [5.41, 5.74) is 2.68. The van der Waals surface area contributed by atoms with Crippen LogP contribution >= 0.6 is 0 Å². The molecule has 2 nitrogen and oxygen atoms in total. The molecule has 0 saturated heterocycles. The number of hydrogen-bond donors (Lipinski definition) is 1. The highest BCUT2D eigenvalue weighted by molar-refractivity contribution is 5.26. The van der Waals surface area contributed by atoms with Gasteiger partial charge in [-0.25, -0.2) is 0 Å². The van der Waals surface area contributed by atoms with Crippen molar-refractivity contribution in [1.29, 1.82) is 0 Å². The monoisotopic (exact) mass is 261 g/mol. The van der Waals surface area contributed by atoms with E-state index in [-0.39, 0.29) is 0 Å². The number of methoxy groups -OCH3 is 1. The first-order valence-electron chi connectivity index (χ1n) is 7.62. The van der Waals surface area contributed by atoms with Gasteiger partial charge in [0.25, 0.3) is 0 Å². The molecule has 0 bridgehead atoms. The van der Waals surface area contributed by atoms with E-state index in [1.807, 2.05) is 0 Å². The lowest BCUT2D eigenvalue weighted by Gasteiger charge is -2.29. The summed E-state index contributed by atoms with van der Waals surface area (Å²) in [6, 6.07) is 9.28. The van der Waals surface area contributed by atoms with Crippen LogP contribution in [0.15, 0.2) is 24.3 Å². The van der Waals surface area contributed by atoms with E-state index in [1.165, 1.54) is 43.2 Å². The van der Waals surface area contributed by atoms with Crippen molar-refractivity contribution in [3.63, 3.8) is 0 Å². The molecule has 2 unspecified atom stereocenters. The number of nitrogens with one attached hydrogen (secondary N) is 1. The fourth-order valence-electron chi connectivity index (χ4n) is 3.13. The smallest absolute Gasteiger partial charge is 0.0716 e. The normalized spacial score (nSPS) is 23.5. The lowest BCUT2D eigenvalue weighted by molar-refractivity contribution is 0.183. The molecule has 2 heteroatoms. The van der Waals surface area contributed by atoms with Gasteiger partial charge in [0.1, 0.15) is 0 Å². The van der Waals surface area contributed by atoms with E-state index in [0.29, 0.717) is 12.6 Å². The minimum absolute atomic E-state index is 0.703. The summed E-state index contributed by atoms with van der Waals surface area (Å²) < 4.78 is 5.27. The Balaban J connectivity index is 1.87. The second-order valence-corrected chi connectivity index (χ2v) is 5.72. The summed E-state index contributed by atoms with van der Waals surface area (Å²) in [7, 11) is 1.76. The highest BCUT2D eigenvalue weighted by atomic mass is 16.5. The minimum Gasteiger partial charge on any atom is -0.380 e. The first-order chi connectivity index (χ1) is 9.33. The van der Waals surface area contributed by atoms with Crippen molar-refractivity contribution < 1.29 is 4.74 Å². The van der Waals surface area contributed by atoms with Gasteiger partial charge in [-0.3, -0.25) is 0 Å². The Morgan fingerprint density at radius 3 is 2.74 bits per heavy atom. The molecule has 1 aromatic carbocycles. The molecule has 1 fully saturated rings. The maximum Gasteiger partial charge on any atom is 0.0716 e. The molecule has 2 atom stereocenters. The molecule has 1 N–H and O–H groups in total. The number of rotatable bonds is 6. The van der Waals surface area contributed by atoms with Crippen LogP contribution in [0.25, 0.3) is 0 Å². The molecular weight excluding hydrogens is 234 g/mol. The highest BCUT2D eigenvalue weighted by Crippen LogP contribution is 2.26. The SMILES string of the molecule is CCC1CCCC(NCc2ccccc2COC)C1. The van der Waals surface area contributed by atoms with Crippen LogP contribution in [0.5, 0.6) is 0 Å². The molecule has 0 radical (unpaired) electrons. The zero-order valence-corrected chi connectivity index (χ0v) is 12.3. The van der Waals surface area contributed by atoms with E-state index >= 15 is 0 Å². The summed E-state index contributed by atoms with van der Waals surface area (Å²) in [4.78, 5) is 0. The molecule has 1 aliphatic carbocycles. The van der Waals surface area contributed by atoms with Crippen LogP contribution in [-0.4, -0.2) is 13.2 Å². The Hall–Kier alpha value is -0.860. The fourth-order valence-corrected chi connectivity index (χ4v) is 3.13. The van der Waals surface area contributed by atoms with Crippen molar-refractivity contribution in [3.05, 3.63) is 35.4 Å². The van der Waals surface area contributed by atoms with Crippen LogP contribution in [0, 0.1) is 5.92 Å². The number of ether oxygens (including phenoxy) is 1. The summed E-state index contributed by atoms with van der Waals surface area (Å²) in [6.45, 7) is 4.00. The zero-order chi connectivity index (χ0) is 13.5. The Bertz CT molecular complexity index is 377. The molecule has 1 aromatic rings. The van der Waals surface area contributed by atoms with E-state index in [9.17, 15) is 0 Å². The van der Waals surface area contributed by atoms with Gasteiger partial charge in [-0.2, -0.15) is 0 Å². The Kier molecular flexibility index (Phi) is 5.87. The standard InChI is InChI=1S/C17H27NO/c1-3-14-7-6-10-17(11-14)18-12-15-8-4-5-9-16(15)13-19-2/h4-5,8-9,14,17-18H,3,6-7,10-13H2,1-2H3. The summed E-state index contributed by atoms with van der Waals surface area (Å²) in [5.74, 6) is 0.931. The molecule has 19 heavy (non-hydrogen) atoms. The first kappa shape index (κ1) is 14.5. The topological polar surface area (TPSA) is 21.3 Å². The van der Waals surface area contributed by atoms with E-state index in [1.54, 1.807) is 7.11 Å². The van der Waals surface area contributed by atoms with Crippen molar-refractivity contribution in [2.45, 2.75) is 58.2 Å². The predicted octanol–water partition coefficient (Wildman–Crippen LogP) is 3.89. The Morgan fingerprint density at radius 1 is 1.21 bits per heavy atom. The van der Waals surface area contributed by atoms with Crippen molar-refractivity contribution in [1.82, 2.24) is 5.32 Å². The van der Waals surface area contributed by atoms with E-state index in [4.69, 9.17) is 4.74 Å². The molecule has 0 aromatic heterocycles. The third-order valence-corrected chi connectivity index (χ3v) is 4.36. The van der Waals surface area contributed by atoms with Crippen LogP contribution in [0.1, 0.15) is 50.2 Å². The molecule has 1 saturated carbocycles. The Morgan fingerprint density at radius 2 is 2.00 bits per heavy atom. The van der Waals surface area contributed by atoms with Gasteiger partial charge in [-0.15, -0.1) is 0 Å². The van der Waals surface area contributed by atoms with Gasteiger partial charge in [0.05, 0.1) is 6.61 Å². The second kappa shape index (κ2) is 7.66. The average molecular weight is 261 g/mol. The highest BCUT2D eigenvalue weighted by Gasteiger charge is 2.20. The van der Waals surface area contributed by atoms with Crippen LogP contribution in [0.4, 0.5) is 0 Å². The van der Waals surface area contributed by atoms with Gasteiger partial charge in [0.15, 0.2) is 0 Å². The van der Waals surface area contributed by atoms with Gasteiger partial charge >= 0.3 is 0 Å². The maximum atomic E-state index is 5.27.